The molecule has 0 fully saturated rings. The summed E-state index contributed by atoms with van der Waals surface area (Å²) in [5.41, 5.74) is 5.39. The first-order chi connectivity index (χ1) is 31.2. The monoisotopic (exact) mass is 1040 g/mol. The van der Waals surface area contributed by atoms with Crippen LogP contribution >= 0.6 is 15.9 Å². The number of carbonyl (C=O) groups is 2. The fourth-order valence-corrected chi connectivity index (χ4v) is 8.20. The summed E-state index contributed by atoms with van der Waals surface area (Å²) in [5.74, 6) is 1.46. The summed E-state index contributed by atoms with van der Waals surface area (Å²) >= 11 is 3.39. The van der Waals surface area contributed by atoms with Crippen molar-refractivity contribution in [2.24, 2.45) is 0 Å². The molecule has 376 valence electrons. The molecule has 0 saturated heterocycles. The van der Waals surface area contributed by atoms with Gasteiger partial charge < -0.3 is 48.5 Å². The first-order valence-electron chi connectivity index (χ1n) is 22.9. The first kappa shape index (κ1) is 60.0. The van der Waals surface area contributed by atoms with Crippen LogP contribution in [0.15, 0.2) is 89.4 Å². The lowest BCUT2D eigenvalue weighted by Crippen LogP contribution is -2.40. The second-order valence-corrected chi connectivity index (χ2v) is 32.0. The number of para-hydroxylation sites is 2. The smallest absolute Gasteiger partial charge is 0.488 e. The van der Waals surface area contributed by atoms with E-state index in [2.05, 4.69) is 112 Å². The molecule has 0 saturated carbocycles. The van der Waals surface area contributed by atoms with Gasteiger partial charge in [-0.25, -0.2) is 9.59 Å². The number of benzene rings is 4. The zero-order valence-electron chi connectivity index (χ0n) is 44.0. The average Bonchev–Trinajstić information content (AvgIpc) is 3.22. The van der Waals surface area contributed by atoms with E-state index in [1.165, 1.54) is 0 Å². The second-order valence-electron chi connectivity index (χ2n) is 21.6. The summed E-state index contributed by atoms with van der Waals surface area (Å²) in [5, 5.41) is 24.1. The van der Waals surface area contributed by atoms with E-state index in [9.17, 15) is 9.59 Å². The molecule has 4 aromatic carbocycles. The Hall–Kier alpha value is -4.16. The Labute approximate surface area is 418 Å². The quantitative estimate of drug-likeness (QED) is 0.0898. The van der Waals surface area contributed by atoms with Crippen molar-refractivity contribution < 1.29 is 47.4 Å². The summed E-state index contributed by atoms with van der Waals surface area (Å²) in [6.07, 6.45) is -0.890. The van der Waals surface area contributed by atoms with Gasteiger partial charge in [0.2, 0.25) is 0 Å². The number of ether oxygens (including phenoxy) is 4. The molecule has 0 unspecified atom stereocenters. The third-order valence-electron chi connectivity index (χ3n) is 11.5. The van der Waals surface area contributed by atoms with Gasteiger partial charge in [-0.3, -0.25) is 0 Å². The Balaban J connectivity index is 0.000000376. The van der Waals surface area contributed by atoms with E-state index < -0.39 is 47.1 Å². The van der Waals surface area contributed by atoms with Crippen molar-refractivity contribution in [1.29, 1.82) is 0 Å². The average molecular weight is 1040 g/mol. The van der Waals surface area contributed by atoms with E-state index in [0.717, 1.165) is 43.6 Å². The van der Waals surface area contributed by atoms with Crippen LogP contribution in [0.25, 0.3) is 11.1 Å². The fraction of sp³-hybridized carbons (Fsp3) is 0.500. The molecule has 0 aliphatic heterocycles. The maximum Gasteiger partial charge on any atom is 0.488 e. The van der Waals surface area contributed by atoms with Crippen LogP contribution in [0.5, 0.6) is 11.5 Å². The van der Waals surface area contributed by atoms with Gasteiger partial charge in [-0.2, -0.15) is 0 Å². The molecule has 0 spiro atoms. The molecule has 0 aliphatic carbocycles. The Morgan fingerprint density at radius 1 is 0.588 bits per heavy atom. The molecular weight excluding hydrogens is 959 g/mol. The number of hydrogen-bond acceptors (Lipinski definition) is 10. The predicted molar refractivity (Wildman–Crippen MR) is 286 cm³/mol. The number of halogens is 1. The van der Waals surface area contributed by atoms with Crippen molar-refractivity contribution >= 4 is 57.3 Å². The van der Waals surface area contributed by atoms with Gasteiger partial charge in [0.05, 0.1) is 31.9 Å². The summed E-state index contributed by atoms with van der Waals surface area (Å²) in [6.45, 7) is 35.1. The molecule has 16 heteroatoms. The van der Waals surface area contributed by atoms with Crippen LogP contribution in [0.4, 0.5) is 9.59 Å². The highest BCUT2D eigenvalue weighted by atomic mass is 79.9. The third-order valence-corrected chi connectivity index (χ3v) is 21.1. The van der Waals surface area contributed by atoms with Crippen LogP contribution in [0.3, 0.4) is 0 Å². The fourth-order valence-electron chi connectivity index (χ4n) is 5.71. The van der Waals surface area contributed by atoms with Crippen molar-refractivity contribution in [3.63, 3.8) is 0 Å². The van der Waals surface area contributed by atoms with E-state index in [-0.39, 0.29) is 10.1 Å². The predicted octanol–water partition coefficient (Wildman–Crippen LogP) is 12.3. The largest absolute Gasteiger partial charge is 0.496 e. The number of hydrogen-bond donors (Lipinski definition) is 4. The summed E-state index contributed by atoms with van der Waals surface area (Å²) in [6, 6.07) is 27.2. The number of nitrogens with one attached hydrogen (secondary N) is 2. The van der Waals surface area contributed by atoms with Crippen molar-refractivity contribution in [2.75, 3.05) is 14.2 Å². The standard InChI is InChI=1S/C26H39NO4Si.C13H23BO3Si.C13H18BrNO3/c1-25(2,3)31-24(28)27-17-21-14-11-15-22(23(21)29-7)20-13-10-12-19(16-20)18-30-32(8,9)26(4,5)6;1-13(2,3)18(4,5)17-10-11-7-6-8-12(9-11)14(15)16;1-13(2,3)18-12(16)15-8-9-6-5-7-10(14)11(9)17-4/h10-16H,17-18H2,1-9H3,(H,27,28);6-9,15-16H,10H2,1-5H3;5-7H,8H2,1-4H3,(H,15,16). The van der Waals surface area contributed by atoms with Gasteiger partial charge in [0, 0.05) is 29.8 Å². The second kappa shape index (κ2) is 25.6. The zero-order valence-corrected chi connectivity index (χ0v) is 47.6. The third kappa shape index (κ3) is 20.4. The Bertz CT molecular complexity index is 2230. The minimum absolute atomic E-state index is 0.170. The van der Waals surface area contributed by atoms with Gasteiger partial charge in [0.25, 0.3) is 0 Å². The van der Waals surface area contributed by atoms with E-state index in [1.807, 2.05) is 96.1 Å². The maximum absolute atomic E-state index is 12.1. The number of carbonyl (C=O) groups excluding carboxylic acids is 2. The van der Waals surface area contributed by atoms with Gasteiger partial charge in [0.15, 0.2) is 16.6 Å². The highest BCUT2D eigenvalue weighted by Crippen LogP contribution is 2.39. The van der Waals surface area contributed by atoms with Crippen molar-refractivity contribution in [1.82, 2.24) is 10.6 Å². The molecular formula is C52H80BBrN2O10Si2. The van der Waals surface area contributed by atoms with Crippen LogP contribution in [0.2, 0.25) is 36.3 Å². The zero-order chi connectivity index (χ0) is 51.9. The van der Waals surface area contributed by atoms with E-state index in [4.69, 9.17) is 37.8 Å². The SMILES string of the molecule is CC(C)(C)[Si](C)(C)OCc1cccc(B(O)O)c1.COc1c(Br)cccc1CNC(=O)OC(C)(C)C.COc1c(CNC(=O)OC(C)(C)C)cccc1-c1cccc(CO[Si](C)(C)C(C)(C)C)c1. The van der Waals surface area contributed by atoms with Crippen LogP contribution in [-0.2, 0) is 44.6 Å². The molecule has 4 aromatic rings. The minimum atomic E-state index is -1.83. The van der Waals surface area contributed by atoms with Gasteiger partial charge >= 0.3 is 19.3 Å². The molecule has 68 heavy (non-hydrogen) atoms. The lowest BCUT2D eigenvalue weighted by molar-refractivity contribution is 0.0512. The van der Waals surface area contributed by atoms with Crippen molar-refractivity contribution in [2.45, 2.75) is 157 Å². The van der Waals surface area contributed by atoms with E-state index in [1.54, 1.807) is 26.4 Å². The molecule has 0 aliphatic rings. The lowest BCUT2D eigenvalue weighted by Gasteiger charge is -2.36. The van der Waals surface area contributed by atoms with Gasteiger partial charge in [-0.15, -0.1) is 0 Å². The summed E-state index contributed by atoms with van der Waals surface area (Å²) in [4.78, 5) is 23.6. The van der Waals surface area contributed by atoms with Crippen LogP contribution < -0.4 is 25.6 Å². The number of methoxy groups -OCH3 is 2. The highest BCUT2D eigenvalue weighted by molar-refractivity contribution is 9.10. The number of amides is 2. The lowest BCUT2D eigenvalue weighted by atomic mass is 9.80. The molecule has 0 bridgehead atoms. The van der Waals surface area contributed by atoms with Crippen LogP contribution in [0.1, 0.15) is 105 Å². The first-order valence-corrected chi connectivity index (χ1v) is 29.5. The molecule has 0 aromatic heterocycles. The number of rotatable bonds is 14. The molecule has 4 N–H and O–H groups in total. The summed E-state index contributed by atoms with van der Waals surface area (Å²) in [7, 11) is -1.76. The Kier molecular flexibility index (Phi) is 22.6. The van der Waals surface area contributed by atoms with Gasteiger partial charge in [-0.1, -0.05) is 114 Å². The molecule has 0 heterocycles. The van der Waals surface area contributed by atoms with Crippen LogP contribution in [0, 0.1) is 0 Å². The van der Waals surface area contributed by atoms with Gasteiger partial charge in [-0.05, 0) is 128 Å². The van der Waals surface area contributed by atoms with Crippen molar-refractivity contribution in [3.05, 3.63) is 112 Å². The van der Waals surface area contributed by atoms with Crippen LogP contribution in [-0.4, -0.2) is 71.4 Å². The molecule has 12 nitrogen and oxygen atoms in total. The molecule has 2 amide bonds. The maximum atomic E-state index is 12.1. The molecule has 4 rings (SSSR count). The summed E-state index contributed by atoms with van der Waals surface area (Å²) < 4.78 is 34.9. The normalized spacial score (nSPS) is 12.1. The highest BCUT2D eigenvalue weighted by Gasteiger charge is 2.38. The van der Waals surface area contributed by atoms with Crippen molar-refractivity contribution in [3.8, 4) is 22.6 Å². The Morgan fingerprint density at radius 2 is 1.00 bits per heavy atom. The molecule has 0 radical (unpaired) electrons. The topological polar surface area (TPSA) is 154 Å². The van der Waals surface area contributed by atoms with E-state index in [0.29, 0.717) is 37.5 Å². The number of alkyl carbamates (subject to hydrolysis) is 2. The van der Waals surface area contributed by atoms with Gasteiger partial charge in [0.1, 0.15) is 22.7 Å². The molecule has 0 atom stereocenters. The Morgan fingerprint density at radius 3 is 1.43 bits per heavy atom. The minimum Gasteiger partial charge on any atom is -0.496 e. The van der Waals surface area contributed by atoms with E-state index >= 15 is 0 Å².